The van der Waals surface area contributed by atoms with E-state index in [-0.39, 0.29) is 5.91 Å². The number of methoxy groups -OCH3 is 2. The lowest BCUT2D eigenvalue weighted by Crippen LogP contribution is -2.36. The van der Waals surface area contributed by atoms with Gasteiger partial charge in [0.05, 0.1) is 20.8 Å². The second-order valence-corrected chi connectivity index (χ2v) is 6.29. The van der Waals surface area contributed by atoms with Crippen LogP contribution in [0.15, 0.2) is 47.5 Å². The van der Waals surface area contributed by atoms with Gasteiger partial charge in [0.25, 0.3) is 5.91 Å². The van der Waals surface area contributed by atoms with E-state index < -0.39 is 0 Å². The summed E-state index contributed by atoms with van der Waals surface area (Å²) in [7, 11) is 3.27. The molecule has 156 valence electrons. The van der Waals surface area contributed by atoms with Crippen LogP contribution in [0, 0.1) is 0 Å². The maximum Gasteiger partial charge on any atom is 0.251 e. The number of guanidine groups is 1. The molecule has 0 aliphatic carbocycles. The molecule has 0 heterocycles. The lowest BCUT2D eigenvalue weighted by Gasteiger charge is -2.14. The summed E-state index contributed by atoms with van der Waals surface area (Å²) in [6, 6.07) is 13.2. The van der Waals surface area contributed by atoms with Gasteiger partial charge >= 0.3 is 0 Å². The van der Waals surface area contributed by atoms with E-state index in [0.29, 0.717) is 31.2 Å². The molecular weight excluding hydrogens is 368 g/mol. The Morgan fingerprint density at radius 2 is 1.76 bits per heavy atom. The lowest BCUT2D eigenvalue weighted by molar-refractivity contribution is 0.0955. The fourth-order valence-corrected chi connectivity index (χ4v) is 2.76. The van der Waals surface area contributed by atoms with E-state index >= 15 is 0 Å². The molecule has 0 fully saturated rings. The molecule has 2 aromatic carbocycles. The predicted molar refractivity (Wildman–Crippen MR) is 116 cm³/mol. The van der Waals surface area contributed by atoms with Crippen molar-refractivity contribution in [2.24, 2.45) is 4.99 Å². The number of hydrogen-bond acceptors (Lipinski definition) is 4. The number of amides is 1. The second-order valence-electron chi connectivity index (χ2n) is 6.29. The number of hydrogen-bond donors (Lipinski definition) is 3. The van der Waals surface area contributed by atoms with Crippen molar-refractivity contribution in [3.05, 3.63) is 59.2 Å². The summed E-state index contributed by atoms with van der Waals surface area (Å²) in [5.41, 5.74) is 2.60. The third-order valence-corrected chi connectivity index (χ3v) is 4.23. The Morgan fingerprint density at radius 1 is 0.966 bits per heavy atom. The predicted octanol–water partition coefficient (Wildman–Crippen LogP) is 2.71. The summed E-state index contributed by atoms with van der Waals surface area (Å²) in [4.78, 5) is 16.6. The first kappa shape index (κ1) is 22.1. The van der Waals surface area contributed by atoms with Crippen LogP contribution in [0.3, 0.4) is 0 Å². The van der Waals surface area contributed by atoms with Crippen LogP contribution in [0.25, 0.3) is 0 Å². The Balaban J connectivity index is 2.07. The van der Waals surface area contributed by atoms with Crippen molar-refractivity contribution < 1.29 is 14.3 Å². The maximum absolute atomic E-state index is 12.0. The lowest BCUT2D eigenvalue weighted by atomic mass is 10.1. The van der Waals surface area contributed by atoms with Crippen LogP contribution < -0.4 is 25.4 Å². The Bertz CT molecular complexity index is 837. The van der Waals surface area contributed by atoms with Crippen LogP contribution >= 0.6 is 0 Å². The molecular formula is C22H30N4O3. The average Bonchev–Trinajstić information content (AvgIpc) is 2.76. The molecule has 0 radical (unpaired) electrons. The van der Waals surface area contributed by atoms with Gasteiger partial charge in [0.1, 0.15) is 11.5 Å². The van der Waals surface area contributed by atoms with E-state index in [0.717, 1.165) is 29.2 Å². The van der Waals surface area contributed by atoms with Crippen molar-refractivity contribution in [2.75, 3.05) is 27.3 Å². The zero-order valence-electron chi connectivity index (χ0n) is 17.5. The summed E-state index contributed by atoms with van der Waals surface area (Å²) in [6.45, 7) is 6.27. The zero-order chi connectivity index (χ0) is 21.1. The fraction of sp³-hybridized carbons (Fsp3) is 0.364. The molecule has 0 unspecified atom stereocenters. The number of carbonyl (C=O) groups excluding carboxylic acids is 1. The van der Waals surface area contributed by atoms with E-state index in [1.165, 1.54) is 0 Å². The number of rotatable bonds is 9. The first-order chi connectivity index (χ1) is 14.1. The van der Waals surface area contributed by atoms with Crippen LogP contribution in [-0.4, -0.2) is 39.2 Å². The van der Waals surface area contributed by atoms with Gasteiger partial charge in [-0.1, -0.05) is 12.1 Å². The standard InChI is InChI=1S/C22H30N4O3/c1-5-23-21(27)17-9-7-8-16(12-17)14-25-22(24-6-2)26-15-18-10-11-19(28-3)13-20(18)29-4/h7-13H,5-6,14-15H2,1-4H3,(H,23,27)(H2,24,25,26). The highest BCUT2D eigenvalue weighted by Gasteiger charge is 2.07. The summed E-state index contributed by atoms with van der Waals surface area (Å²) in [6.07, 6.45) is 0. The molecule has 0 bridgehead atoms. The molecule has 3 N–H and O–H groups in total. The van der Waals surface area contributed by atoms with Gasteiger partial charge in [-0.25, -0.2) is 4.99 Å². The van der Waals surface area contributed by atoms with Crippen LogP contribution in [0.5, 0.6) is 11.5 Å². The number of ether oxygens (including phenoxy) is 2. The molecule has 7 nitrogen and oxygen atoms in total. The van der Waals surface area contributed by atoms with Crippen molar-refractivity contribution in [2.45, 2.75) is 26.9 Å². The van der Waals surface area contributed by atoms with Gasteiger partial charge in [0.15, 0.2) is 5.96 Å². The van der Waals surface area contributed by atoms with Crippen LogP contribution in [0.2, 0.25) is 0 Å². The van der Waals surface area contributed by atoms with E-state index in [9.17, 15) is 4.79 Å². The molecule has 0 saturated carbocycles. The molecule has 1 amide bonds. The molecule has 2 rings (SSSR count). The monoisotopic (exact) mass is 398 g/mol. The van der Waals surface area contributed by atoms with Crippen molar-refractivity contribution in [3.8, 4) is 11.5 Å². The van der Waals surface area contributed by atoms with Crippen molar-refractivity contribution >= 4 is 11.9 Å². The molecule has 0 aromatic heterocycles. The minimum atomic E-state index is -0.0741. The summed E-state index contributed by atoms with van der Waals surface area (Å²) < 4.78 is 10.7. The summed E-state index contributed by atoms with van der Waals surface area (Å²) >= 11 is 0. The minimum absolute atomic E-state index is 0.0741. The van der Waals surface area contributed by atoms with Crippen molar-refractivity contribution in [1.29, 1.82) is 0 Å². The zero-order valence-corrected chi connectivity index (χ0v) is 17.5. The smallest absolute Gasteiger partial charge is 0.251 e. The van der Waals surface area contributed by atoms with Crippen LogP contribution in [-0.2, 0) is 13.1 Å². The van der Waals surface area contributed by atoms with Gasteiger partial charge in [0, 0.05) is 36.8 Å². The number of aliphatic imine (C=N–C) groups is 1. The topological polar surface area (TPSA) is 84.0 Å². The van der Waals surface area contributed by atoms with Crippen molar-refractivity contribution in [3.63, 3.8) is 0 Å². The van der Waals surface area contributed by atoms with Gasteiger partial charge < -0.3 is 25.4 Å². The van der Waals surface area contributed by atoms with Crippen molar-refractivity contribution in [1.82, 2.24) is 16.0 Å². The van der Waals surface area contributed by atoms with E-state index in [2.05, 4.69) is 20.9 Å². The van der Waals surface area contributed by atoms with Crippen LogP contribution in [0.1, 0.15) is 35.3 Å². The SMILES string of the molecule is CCNC(=O)c1cccc(CN=C(NCC)NCc2ccc(OC)cc2OC)c1. The first-order valence-corrected chi connectivity index (χ1v) is 9.71. The van der Waals surface area contributed by atoms with E-state index in [1.807, 2.05) is 50.2 Å². The van der Waals surface area contributed by atoms with Gasteiger partial charge in [-0.05, 0) is 43.7 Å². The minimum Gasteiger partial charge on any atom is -0.497 e. The van der Waals surface area contributed by atoms with E-state index in [1.54, 1.807) is 20.3 Å². The van der Waals surface area contributed by atoms with Gasteiger partial charge in [-0.3, -0.25) is 4.79 Å². The molecule has 0 atom stereocenters. The van der Waals surface area contributed by atoms with E-state index in [4.69, 9.17) is 9.47 Å². The van der Waals surface area contributed by atoms with Gasteiger partial charge in [-0.15, -0.1) is 0 Å². The third-order valence-electron chi connectivity index (χ3n) is 4.23. The van der Waals surface area contributed by atoms with Crippen LogP contribution in [0.4, 0.5) is 0 Å². The van der Waals surface area contributed by atoms with Gasteiger partial charge in [-0.2, -0.15) is 0 Å². The highest BCUT2D eigenvalue weighted by atomic mass is 16.5. The molecule has 7 heteroatoms. The summed E-state index contributed by atoms with van der Waals surface area (Å²) in [5, 5.41) is 9.36. The number of carbonyl (C=O) groups is 1. The normalized spacial score (nSPS) is 11.0. The highest BCUT2D eigenvalue weighted by molar-refractivity contribution is 5.94. The first-order valence-electron chi connectivity index (χ1n) is 9.71. The molecule has 0 aliphatic rings. The Morgan fingerprint density at radius 3 is 2.45 bits per heavy atom. The number of benzene rings is 2. The Hall–Kier alpha value is -3.22. The summed E-state index contributed by atoms with van der Waals surface area (Å²) in [5.74, 6) is 2.12. The number of nitrogens with one attached hydrogen (secondary N) is 3. The average molecular weight is 399 g/mol. The third kappa shape index (κ3) is 6.71. The largest absolute Gasteiger partial charge is 0.497 e. The molecule has 2 aromatic rings. The molecule has 0 spiro atoms. The molecule has 0 aliphatic heterocycles. The number of nitrogens with zero attached hydrogens (tertiary/aromatic N) is 1. The maximum atomic E-state index is 12.0. The Kier molecular flexibility index (Phi) is 8.82. The highest BCUT2D eigenvalue weighted by Crippen LogP contribution is 2.24. The second kappa shape index (κ2) is 11.6. The quantitative estimate of drug-likeness (QED) is 0.447. The molecule has 29 heavy (non-hydrogen) atoms. The Labute approximate surface area is 172 Å². The fourth-order valence-electron chi connectivity index (χ4n) is 2.76. The van der Waals surface area contributed by atoms with Gasteiger partial charge in [0.2, 0.25) is 0 Å². The molecule has 0 saturated heterocycles.